The van der Waals surface area contributed by atoms with Gasteiger partial charge in [-0.15, -0.1) is 0 Å². The Morgan fingerprint density at radius 2 is 0.950 bits per heavy atom. The molecule has 0 unspecified atom stereocenters. The van der Waals surface area contributed by atoms with Crippen LogP contribution in [0.15, 0.2) is 225 Å². The highest BCUT2D eigenvalue weighted by atomic mass is 15.1. The quantitative estimate of drug-likeness (QED) is 0.144. The number of nitrogens with zero attached hydrogens (tertiary/aromatic N) is 5. The largest absolute Gasteiger partial charge is 0.310 e. The molecule has 0 saturated carbocycles. The summed E-state index contributed by atoms with van der Waals surface area (Å²) < 4.78 is 2.18. The average molecular weight is 768 g/mol. The molecule has 60 heavy (non-hydrogen) atoms. The standard InChI is InChI=1S/C55H37N5/c1-4-16-41(17-5-1)51-49-35-32-40-15-10-11-24-48(40)53(49)58-55(57-51)43-28-26-38(27-29-43)39-30-33-46(34-31-39)60(45-21-8-3-9-22-45)47-23-14-20-44(37-47)52-54(42-18-6-2-7-19-42)59-36-13-12-25-50(59)56-52/h1-37H. The van der Waals surface area contributed by atoms with Crippen molar-refractivity contribution in [1.29, 1.82) is 0 Å². The van der Waals surface area contributed by atoms with Crippen LogP contribution in [-0.4, -0.2) is 19.4 Å². The summed E-state index contributed by atoms with van der Waals surface area (Å²) in [6.07, 6.45) is 2.09. The zero-order chi connectivity index (χ0) is 39.8. The van der Waals surface area contributed by atoms with E-state index in [-0.39, 0.29) is 0 Å². The van der Waals surface area contributed by atoms with Gasteiger partial charge in [0, 0.05) is 56.3 Å². The number of benzene rings is 8. The molecule has 0 spiro atoms. The van der Waals surface area contributed by atoms with E-state index in [1.807, 2.05) is 12.1 Å². The summed E-state index contributed by atoms with van der Waals surface area (Å²) in [5, 5.41) is 3.33. The third-order valence-corrected chi connectivity index (χ3v) is 11.2. The Morgan fingerprint density at radius 3 is 1.72 bits per heavy atom. The number of imidazole rings is 1. The summed E-state index contributed by atoms with van der Waals surface area (Å²) in [7, 11) is 0. The summed E-state index contributed by atoms with van der Waals surface area (Å²) in [6, 6.07) is 76.4. The minimum absolute atomic E-state index is 0.708. The summed E-state index contributed by atoms with van der Waals surface area (Å²) in [4.78, 5) is 17.8. The average Bonchev–Trinajstić information content (AvgIpc) is 3.72. The van der Waals surface area contributed by atoms with Crippen LogP contribution in [0, 0.1) is 0 Å². The normalized spacial score (nSPS) is 11.3. The van der Waals surface area contributed by atoms with Gasteiger partial charge in [0.1, 0.15) is 5.65 Å². The predicted octanol–water partition coefficient (Wildman–Crippen LogP) is 14.2. The Balaban J connectivity index is 0.948. The van der Waals surface area contributed by atoms with E-state index in [1.54, 1.807) is 0 Å². The molecule has 0 amide bonds. The van der Waals surface area contributed by atoms with Gasteiger partial charge in [0.15, 0.2) is 5.82 Å². The number of hydrogen-bond donors (Lipinski definition) is 0. The van der Waals surface area contributed by atoms with Crippen molar-refractivity contribution < 1.29 is 0 Å². The first-order chi connectivity index (χ1) is 29.7. The topological polar surface area (TPSA) is 46.3 Å². The fraction of sp³-hybridized carbons (Fsp3) is 0. The SMILES string of the molecule is c1ccc(-c2nc(-c3ccc(-c4ccc(N(c5ccccc5)c5cccc(-c6nc7ccccn7c6-c6ccccc6)c5)cc4)cc3)nc3c2ccc2ccccc23)cc1. The molecular formula is C55H37N5. The fourth-order valence-corrected chi connectivity index (χ4v) is 8.31. The van der Waals surface area contributed by atoms with E-state index in [9.17, 15) is 0 Å². The van der Waals surface area contributed by atoms with Gasteiger partial charge in [-0.05, 0) is 71.1 Å². The first-order valence-corrected chi connectivity index (χ1v) is 20.2. The van der Waals surface area contributed by atoms with Gasteiger partial charge in [0.25, 0.3) is 0 Å². The Labute approximate surface area is 348 Å². The second kappa shape index (κ2) is 15.0. The highest BCUT2D eigenvalue weighted by molar-refractivity contribution is 6.09. The molecule has 11 aromatic rings. The zero-order valence-corrected chi connectivity index (χ0v) is 32.6. The molecule has 0 aliphatic carbocycles. The minimum Gasteiger partial charge on any atom is -0.310 e. The zero-order valence-electron chi connectivity index (χ0n) is 32.6. The van der Waals surface area contributed by atoms with Crippen molar-refractivity contribution in [3.8, 4) is 56.3 Å². The van der Waals surface area contributed by atoms with Crippen molar-refractivity contribution in [1.82, 2.24) is 19.4 Å². The summed E-state index contributed by atoms with van der Waals surface area (Å²) >= 11 is 0. The Hall–Kier alpha value is -8.15. The lowest BCUT2D eigenvalue weighted by molar-refractivity contribution is 1.19. The van der Waals surface area contributed by atoms with Crippen LogP contribution in [0.4, 0.5) is 17.1 Å². The van der Waals surface area contributed by atoms with Crippen molar-refractivity contribution >= 4 is 44.4 Å². The number of rotatable bonds is 8. The maximum atomic E-state index is 5.19. The third-order valence-electron chi connectivity index (χ3n) is 11.2. The van der Waals surface area contributed by atoms with Gasteiger partial charge in [-0.25, -0.2) is 15.0 Å². The first-order valence-electron chi connectivity index (χ1n) is 20.2. The number of para-hydroxylation sites is 1. The van der Waals surface area contributed by atoms with E-state index in [0.29, 0.717) is 5.82 Å². The molecule has 0 fully saturated rings. The number of anilines is 3. The second-order valence-corrected chi connectivity index (χ2v) is 14.9. The Morgan fingerprint density at radius 1 is 0.350 bits per heavy atom. The number of pyridine rings is 1. The van der Waals surface area contributed by atoms with Gasteiger partial charge >= 0.3 is 0 Å². The molecular weight excluding hydrogens is 731 g/mol. The summed E-state index contributed by atoms with van der Waals surface area (Å²) in [6.45, 7) is 0. The number of aromatic nitrogens is 4. The van der Waals surface area contributed by atoms with Crippen LogP contribution in [0.3, 0.4) is 0 Å². The van der Waals surface area contributed by atoms with Crippen molar-refractivity contribution in [3.63, 3.8) is 0 Å². The van der Waals surface area contributed by atoms with E-state index >= 15 is 0 Å². The maximum absolute atomic E-state index is 5.19. The smallest absolute Gasteiger partial charge is 0.160 e. The Bertz CT molecular complexity index is 3290. The third kappa shape index (κ3) is 6.35. The van der Waals surface area contributed by atoms with Crippen LogP contribution >= 0.6 is 0 Å². The van der Waals surface area contributed by atoms with Crippen LogP contribution < -0.4 is 4.90 Å². The monoisotopic (exact) mass is 767 g/mol. The van der Waals surface area contributed by atoms with Crippen LogP contribution in [0.25, 0.3) is 83.6 Å². The molecule has 0 radical (unpaired) electrons. The number of hydrogen-bond acceptors (Lipinski definition) is 4. The molecule has 8 aromatic carbocycles. The lowest BCUT2D eigenvalue weighted by atomic mass is 10.0. The maximum Gasteiger partial charge on any atom is 0.160 e. The molecule has 3 heterocycles. The predicted molar refractivity (Wildman–Crippen MR) is 248 cm³/mol. The van der Waals surface area contributed by atoms with E-state index < -0.39 is 0 Å². The molecule has 5 nitrogen and oxygen atoms in total. The van der Waals surface area contributed by atoms with Gasteiger partial charge in [-0.3, -0.25) is 4.40 Å². The summed E-state index contributed by atoms with van der Waals surface area (Å²) in [5.41, 5.74) is 14.5. The molecule has 0 bridgehead atoms. The van der Waals surface area contributed by atoms with Gasteiger partial charge in [-0.1, -0.05) is 164 Å². The molecule has 0 aliphatic heterocycles. The van der Waals surface area contributed by atoms with E-state index in [1.165, 1.54) is 0 Å². The van der Waals surface area contributed by atoms with Crippen LogP contribution in [-0.2, 0) is 0 Å². The van der Waals surface area contributed by atoms with Crippen molar-refractivity contribution in [2.45, 2.75) is 0 Å². The van der Waals surface area contributed by atoms with Gasteiger partial charge < -0.3 is 4.90 Å². The van der Waals surface area contributed by atoms with Crippen LogP contribution in [0.2, 0.25) is 0 Å². The summed E-state index contributed by atoms with van der Waals surface area (Å²) in [5.74, 6) is 0.708. The van der Waals surface area contributed by atoms with Crippen LogP contribution in [0.5, 0.6) is 0 Å². The molecule has 0 saturated heterocycles. The van der Waals surface area contributed by atoms with Crippen molar-refractivity contribution in [2.24, 2.45) is 0 Å². The molecule has 0 N–H and O–H groups in total. The molecule has 11 rings (SSSR count). The molecule has 5 heteroatoms. The lowest BCUT2D eigenvalue weighted by Gasteiger charge is -2.26. The van der Waals surface area contributed by atoms with E-state index in [2.05, 4.69) is 222 Å². The first kappa shape index (κ1) is 35.0. The fourth-order valence-electron chi connectivity index (χ4n) is 8.31. The van der Waals surface area contributed by atoms with Crippen LogP contribution in [0.1, 0.15) is 0 Å². The van der Waals surface area contributed by atoms with Crippen molar-refractivity contribution in [2.75, 3.05) is 4.90 Å². The minimum atomic E-state index is 0.708. The van der Waals surface area contributed by atoms with Gasteiger partial charge in [0.2, 0.25) is 0 Å². The van der Waals surface area contributed by atoms with E-state index in [0.717, 1.165) is 94.8 Å². The molecule has 282 valence electrons. The second-order valence-electron chi connectivity index (χ2n) is 14.9. The van der Waals surface area contributed by atoms with Gasteiger partial charge in [-0.2, -0.15) is 0 Å². The molecule has 0 atom stereocenters. The molecule has 0 aliphatic rings. The highest BCUT2D eigenvalue weighted by Crippen LogP contribution is 2.40. The van der Waals surface area contributed by atoms with Gasteiger partial charge in [0.05, 0.1) is 22.6 Å². The Kier molecular flexibility index (Phi) is 8.75. The molecule has 3 aromatic heterocycles. The highest BCUT2D eigenvalue weighted by Gasteiger charge is 2.19. The number of fused-ring (bicyclic) bond motifs is 4. The van der Waals surface area contributed by atoms with Crippen molar-refractivity contribution in [3.05, 3.63) is 225 Å². The van der Waals surface area contributed by atoms with E-state index in [4.69, 9.17) is 15.0 Å². The lowest BCUT2D eigenvalue weighted by Crippen LogP contribution is -2.09.